The van der Waals surface area contributed by atoms with E-state index < -0.39 is 0 Å². The van der Waals surface area contributed by atoms with Crippen LogP contribution in [0.2, 0.25) is 0 Å². The molecule has 1 heterocycles. The Hall–Kier alpha value is -3.20. The highest BCUT2D eigenvalue weighted by molar-refractivity contribution is 5.66. The molecule has 3 aromatic carbocycles. The topological polar surface area (TPSA) is 30.7 Å². The van der Waals surface area contributed by atoms with Gasteiger partial charge >= 0.3 is 0 Å². The lowest BCUT2D eigenvalue weighted by Crippen LogP contribution is -2.00. The zero-order chi connectivity index (χ0) is 15.5. The molecule has 0 saturated carbocycles. The third-order valence-electron chi connectivity index (χ3n) is 3.74. The monoisotopic (exact) mass is 297 g/mol. The third kappa shape index (κ3) is 2.53. The van der Waals surface area contributed by atoms with Gasteiger partial charge in [0, 0.05) is 16.8 Å². The molecule has 23 heavy (non-hydrogen) atoms. The standard InChI is InChI=1S/C20H15N3/c1-4-10-16(11-5-1)19-21-22-20(17-12-6-2-7-13-17)23(19)18-14-8-3-9-15-18/h1-15H. The van der Waals surface area contributed by atoms with Crippen LogP contribution >= 0.6 is 0 Å². The first-order valence-corrected chi connectivity index (χ1v) is 7.55. The molecule has 0 radical (unpaired) electrons. The van der Waals surface area contributed by atoms with Gasteiger partial charge in [-0.15, -0.1) is 10.2 Å². The second-order valence-electron chi connectivity index (χ2n) is 5.25. The summed E-state index contributed by atoms with van der Waals surface area (Å²) in [7, 11) is 0. The number of rotatable bonds is 3. The molecule has 3 heteroatoms. The fraction of sp³-hybridized carbons (Fsp3) is 0. The van der Waals surface area contributed by atoms with Crippen molar-refractivity contribution < 1.29 is 0 Å². The van der Waals surface area contributed by atoms with Crippen molar-refractivity contribution in [3.8, 4) is 28.5 Å². The van der Waals surface area contributed by atoms with Crippen molar-refractivity contribution in [2.75, 3.05) is 0 Å². The summed E-state index contributed by atoms with van der Waals surface area (Å²) < 4.78 is 2.10. The predicted molar refractivity (Wildman–Crippen MR) is 92.2 cm³/mol. The number of hydrogen-bond acceptors (Lipinski definition) is 2. The first kappa shape index (κ1) is 13.5. The van der Waals surface area contributed by atoms with Gasteiger partial charge in [0.15, 0.2) is 11.6 Å². The summed E-state index contributed by atoms with van der Waals surface area (Å²) in [6.45, 7) is 0. The van der Waals surface area contributed by atoms with Gasteiger partial charge in [0.25, 0.3) is 0 Å². The smallest absolute Gasteiger partial charge is 0.168 e. The maximum atomic E-state index is 4.45. The van der Waals surface area contributed by atoms with Gasteiger partial charge in [0.2, 0.25) is 0 Å². The summed E-state index contributed by atoms with van der Waals surface area (Å²) >= 11 is 0. The Kier molecular flexibility index (Phi) is 3.45. The van der Waals surface area contributed by atoms with Crippen LogP contribution in [0.3, 0.4) is 0 Å². The number of aromatic nitrogens is 3. The number of hydrogen-bond donors (Lipinski definition) is 0. The van der Waals surface area contributed by atoms with Crippen LogP contribution in [0, 0.1) is 0 Å². The van der Waals surface area contributed by atoms with Gasteiger partial charge in [-0.2, -0.15) is 0 Å². The second-order valence-corrected chi connectivity index (χ2v) is 5.25. The third-order valence-corrected chi connectivity index (χ3v) is 3.74. The lowest BCUT2D eigenvalue weighted by Gasteiger charge is -2.10. The minimum atomic E-state index is 0.843. The largest absolute Gasteiger partial charge is 0.275 e. The summed E-state index contributed by atoms with van der Waals surface area (Å²) in [5.74, 6) is 1.69. The van der Waals surface area contributed by atoms with Crippen LogP contribution in [0.1, 0.15) is 0 Å². The molecule has 0 aliphatic rings. The van der Waals surface area contributed by atoms with E-state index in [9.17, 15) is 0 Å². The van der Waals surface area contributed by atoms with E-state index in [1.807, 2.05) is 54.6 Å². The van der Waals surface area contributed by atoms with Crippen molar-refractivity contribution in [3.63, 3.8) is 0 Å². The van der Waals surface area contributed by atoms with Gasteiger partial charge < -0.3 is 0 Å². The van der Waals surface area contributed by atoms with Crippen LogP contribution in [-0.2, 0) is 0 Å². The van der Waals surface area contributed by atoms with Crippen LogP contribution in [0.15, 0.2) is 91.0 Å². The molecular formula is C20H15N3. The average Bonchev–Trinajstić information content (AvgIpc) is 3.09. The minimum Gasteiger partial charge on any atom is -0.275 e. The molecule has 0 aliphatic carbocycles. The first-order chi connectivity index (χ1) is 11.4. The number of nitrogens with zero attached hydrogens (tertiary/aromatic N) is 3. The Morgan fingerprint density at radius 1 is 0.478 bits per heavy atom. The van der Waals surface area contributed by atoms with E-state index in [2.05, 4.69) is 51.2 Å². The van der Waals surface area contributed by atoms with Crippen LogP contribution in [0.5, 0.6) is 0 Å². The molecule has 0 unspecified atom stereocenters. The van der Waals surface area contributed by atoms with Crippen molar-refractivity contribution in [2.45, 2.75) is 0 Å². The minimum absolute atomic E-state index is 0.843. The Bertz CT molecular complexity index is 841. The summed E-state index contributed by atoms with van der Waals surface area (Å²) in [6, 6.07) is 30.5. The number of para-hydroxylation sites is 1. The fourth-order valence-electron chi connectivity index (χ4n) is 2.65. The molecule has 0 fully saturated rings. The summed E-state index contributed by atoms with van der Waals surface area (Å²) in [5.41, 5.74) is 3.15. The molecule has 0 N–H and O–H groups in total. The molecule has 0 amide bonds. The second kappa shape index (κ2) is 5.89. The van der Waals surface area contributed by atoms with E-state index in [0.29, 0.717) is 0 Å². The Morgan fingerprint density at radius 2 is 0.870 bits per heavy atom. The molecule has 3 nitrogen and oxygen atoms in total. The molecule has 4 rings (SSSR count). The number of benzene rings is 3. The normalized spacial score (nSPS) is 10.6. The van der Waals surface area contributed by atoms with E-state index in [0.717, 1.165) is 28.5 Å². The highest BCUT2D eigenvalue weighted by Crippen LogP contribution is 2.27. The van der Waals surface area contributed by atoms with E-state index in [1.54, 1.807) is 0 Å². The zero-order valence-corrected chi connectivity index (χ0v) is 12.5. The molecule has 0 saturated heterocycles. The van der Waals surface area contributed by atoms with Crippen molar-refractivity contribution in [2.24, 2.45) is 0 Å². The van der Waals surface area contributed by atoms with E-state index in [4.69, 9.17) is 0 Å². The molecule has 0 atom stereocenters. The van der Waals surface area contributed by atoms with E-state index >= 15 is 0 Å². The van der Waals surface area contributed by atoms with Crippen molar-refractivity contribution >= 4 is 0 Å². The van der Waals surface area contributed by atoms with E-state index in [1.165, 1.54) is 0 Å². The molecule has 0 bridgehead atoms. The van der Waals surface area contributed by atoms with E-state index in [-0.39, 0.29) is 0 Å². The van der Waals surface area contributed by atoms with Crippen molar-refractivity contribution in [1.82, 2.24) is 14.8 Å². The molecule has 110 valence electrons. The lowest BCUT2D eigenvalue weighted by molar-refractivity contribution is 1.07. The van der Waals surface area contributed by atoms with Crippen LogP contribution in [0.25, 0.3) is 28.5 Å². The van der Waals surface area contributed by atoms with Gasteiger partial charge in [0.05, 0.1) is 0 Å². The van der Waals surface area contributed by atoms with Crippen LogP contribution < -0.4 is 0 Å². The predicted octanol–water partition coefficient (Wildman–Crippen LogP) is 4.60. The van der Waals surface area contributed by atoms with Crippen molar-refractivity contribution in [1.29, 1.82) is 0 Å². The summed E-state index contributed by atoms with van der Waals surface area (Å²) in [6.07, 6.45) is 0. The summed E-state index contributed by atoms with van der Waals surface area (Å²) in [4.78, 5) is 0. The molecule has 4 aromatic rings. The Balaban J connectivity index is 1.97. The quantitative estimate of drug-likeness (QED) is 0.553. The van der Waals surface area contributed by atoms with Gasteiger partial charge in [0.1, 0.15) is 0 Å². The van der Waals surface area contributed by atoms with Gasteiger partial charge in [-0.05, 0) is 12.1 Å². The first-order valence-electron chi connectivity index (χ1n) is 7.55. The maximum Gasteiger partial charge on any atom is 0.168 e. The zero-order valence-electron chi connectivity index (χ0n) is 12.5. The highest BCUT2D eigenvalue weighted by atomic mass is 15.3. The molecule has 1 aromatic heterocycles. The Labute approximate surface area is 134 Å². The van der Waals surface area contributed by atoms with Gasteiger partial charge in [-0.3, -0.25) is 4.57 Å². The van der Waals surface area contributed by atoms with Gasteiger partial charge in [-0.1, -0.05) is 78.9 Å². The average molecular weight is 297 g/mol. The van der Waals surface area contributed by atoms with Crippen molar-refractivity contribution in [3.05, 3.63) is 91.0 Å². The highest BCUT2D eigenvalue weighted by Gasteiger charge is 2.16. The van der Waals surface area contributed by atoms with Gasteiger partial charge in [-0.25, -0.2) is 0 Å². The lowest BCUT2D eigenvalue weighted by atomic mass is 10.1. The fourth-order valence-corrected chi connectivity index (χ4v) is 2.65. The molecule has 0 aliphatic heterocycles. The van der Waals surface area contributed by atoms with Crippen LogP contribution in [-0.4, -0.2) is 14.8 Å². The molecule has 0 spiro atoms. The SMILES string of the molecule is c1ccc(-c2nnc(-c3ccccc3)n2-c2ccccc2)cc1. The summed E-state index contributed by atoms with van der Waals surface area (Å²) in [5, 5.41) is 8.90. The maximum absolute atomic E-state index is 4.45. The van der Waals surface area contributed by atoms with Crippen LogP contribution in [0.4, 0.5) is 0 Å². The molecular weight excluding hydrogens is 282 g/mol. The Morgan fingerprint density at radius 3 is 1.30 bits per heavy atom.